The molecule has 1 rings (SSSR count). The van der Waals surface area contributed by atoms with Crippen LogP contribution in [-0.4, -0.2) is 18.4 Å². The predicted molar refractivity (Wildman–Crippen MR) is 61.5 cm³/mol. The van der Waals surface area contributed by atoms with Gasteiger partial charge >= 0.3 is 86.8 Å². The van der Waals surface area contributed by atoms with Crippen molar-refractivity contribution in [2.24, 2.45) is 0 Å². The van der Waals surface area contributed by atoms with Crippen molar-refractivity contribution in [3.8, 4) is 0 Å². The SMILES string of the molecule is [CH3][Sn]([CH3])([CH3])[c]1cc(N)cc(Br)c1. The number of benzene rings is 1. The third-order valence-electron chi connectivity index (χ3n) is 1.79. The molecule has 0 amide bonds. The minimum absolute atomic E-state index is 0.867. The summed E-state index contributed by atoms with van der Waals surface area (Å²) >= 11 is 1.55. The first-order chi connectivity index (χ1) is 5.39. The third kappa shape index (κ3) is 2.66. The Labute approximate surface area is 86.4 Å². The molecular weight excluding hydrogens is 321 g/mol. The van der Waals surface area contributed by atoms with Gasteiger partial charge in [-0.3, -0.25) is 0 Å². The van der Waals surface area contributed by atoms with E-state index in [1.54, 1.807) is 0 Å². The summed E-state index contributed by atoms with van der Waals surface area (Å²) in [6.07, 6.45) is 0. The van der Waals surface area contributed by atoms with E-state index in [9.17, 15) is 0 Å². The molecule has 0 radical (unpaired) electrons. The van der Waals surface area contributed by atoms with Crippen molar-refractivity contribution in [1.29, 1.82) is 0 Å². The quantitative estimate of drug-likeness (QED) is 0.620. The van der Waals surface area contributed by atoms with Gasteiger partial charge in [0.1, 0.15) is 0 Å². The van der Waals surface area contributed by atoms with E-state index in [0.717, 1.165) is 10.2 Å². The van der Waals surface area contributed by atoms with Crippen LogP contribution in [0.5, 0.6) is 0 Å². The normalized spacial score (nSPS) is 11.7. The van der Waals surface area contributed by atoms with Crippen LogP contribution < -0.4 is 9.31 Å². The molecule has 0 fully saturated rings. The van der Waals surface area contributed by atoms with E-state index in [4.69, 9.17) is 5.73 Å². The molecule has 66 valence electrons. The maximum absolute atomic E-state index is 5.76. The van der Waals surface area contributed by atoms with Gasteiger partial charge in [0.05, 0.1) is 0 Å². The number of hydrogen-bond donors (Lipinski definition) is 1. The average molecular weight is 335 g/mol. The number of nitrogen functional groups attached to an aromatic ring is 1. The molecule has 1 aromatic rings. The van der Waals surface area contributed by atoms with E-state index in [1.165, 1.54) is 3.58 Å². The summed E-state index contributed by atoms with van der Waals surface area (Å²) in [5.74, 6) is 0. The van der Waals surface area contributed by atoms with Crippen molar-refractivity contribution in [3.63, 3.8) is 0 Å². The fraction of sp³-hybridized carbons (Fsp3) is 0.333. The second-order valence-corrected chi connectivity index (χ2v) is 19.4. The van der Waals surface area contributed by atoms with E-state index >= 15 is 0 Å². The Balaban J connectivity index is 3.18. The maximum atomic E-state index is 5.76. The molecule has 0 saturated carbocycles. The van der Waals surface area contributed by atoms with Gasteiger partial charge in [-0.15, -0.1) is 0 Å². The van der Waals surface area contributed by atoms with Crippen molar-refractivity contribution in [2.75, 3.05) is 5.73 Å². The van der Waals surface area contributed by atoms with Gasteiger partial charge in [0, 0.05) is 0 Å². The Bertz CT molecular complexity index is 271. The monoisotopic (exact) mass is 335 g/mol. The minimum atomic E-state index is -1.91. The molecular formula is C9H14BrNSn. The molecule has 12 heavy (non-hydrogen) atoms. The van der Waals surface area contributed by atoms with Crippen molar-refractivity contribution in [3.05, 3.63) is 22.7 Å². The van der Waals surface area contributed by atoms with Crippen LogP contribution in [0.15, 0.2) is 22.7 Å². The van der Waals surface area contributed by atoms with Gasteiger partial charge in [0.25, 0.3) is 0 Å². The molecule has 0 aromatic heterocycles. The molecule has 1 aromatic carbocycles. The Morgan fingerprint density at radius 1 is 1.17 bits per heavy atom. The number of hydrogen-bond acceptors (Lipinski definition) is 1. The summed E-state index contributed by atoms with van der Waals surface area (Å²) in [6, 6.07) is 6.26. The van der Waals surface area contributed by atoms with Gasteiger partial charge in [-0.1, -0.05) is 0 Å². The van der Waals surface area contributed by atoms with Crippen molar-refractivity contribution < 1.29 is 0 Å². The van der Waals surface area contributed by atoms with Crippen molar-refractivity contribution in [2.45, 2.75) is 14.8 Å². The molecule has 1 nitrogen and oxygen atoms in total. The van der Waals surface area contributed by atoms with Gasteiger partial charge < -0.3 is 0 Å². The number of halogens is 1. The zero-order valence-electron chi connectivity index (χ0n) is 7.69. The number of anilines is 1. The van der Waals surface area contributed by atoms with Gasteiger partial charge in [0.2, 0.25) is 0 Å². The first-order valence-corrected chi connectivity index (χ1v) is 14.7. The van der Waals surface area contributed by atoms with Gasteiger partial charge in [-0.25, -0.2) is 0 Å². The summed E-state index contributed by atoms with van der Waals surface area (Å²) < 4.78 is 2.57. The van der Waals surface area contributed by atoms with Crippen LogP contribution in [0.3, 0.4) is 0 Å². The number of nitrogens with two attached hydrogens (primary N) is 1. The molecule has 0 atom stereocenters. The Morgan fingerprint density at radius 2 is 1.75 bits per heavy atom. The van der Waals surface area contributed by atoms with Crippen LogP contribution in [0.4, 0.5) is 5.69 Å². The summed E-state index contributed by atoms with van der Waals surface area (Å²) in [4.78, 5) is 7.15. The fourth-order valence-corrected chi connectivity index (χ4v) is 5.55. The standard InChI is InChI=1S/C6H5BrN.3CH3.Sn/c7-5-2-1-3-6(8)4-5;;;;/h2-4H,8H2;3*1H3;. The van der Waals surface area contributed by atoms with Crippen molar-refractivity contribution >= 4 is 43.6 Å². The summed E-state index contributed by atoms with van der Waals surface area (Å²) in [7, 11) is 0. The molecule has 0 heterocycles. The van der Waals surface area contributed by atoms with Crippen molar-refractivity contribution in [1.82, 2.24) is 0 Å². The predicted octanol–water partition coefficient (Wildman–Crippen LogP) is 2.58. The Morgan fingerprint density at radius 3 is 2.17 bits per heavy atom. The molecule has 0 aliphatic heterocycles. The molecule has 0 spiro atoms. The molecule has 0 unspecified atom stereocenters. The van der Waals surface area contributed by atoms with Crippen LogP contribution in [0.2, 0.25) is 14.8 Å². The zero-order valence-corrected chi connectivity index (χ0v) is 12.1. The fourth-order valence-electron chi connectivity index (χ4n) is 1.05. The third-order valence-corrected chi connectivity index (χ3v) is 8.01. The van der Waals surface area contributed by atoms with Crippen LogP contribution in [0.25, 0.3) is 0 Å². The van der Waals surface area contributed by atoms with E-state index in [-0.39, 0.29) is 0 Å². The second-order valence-electron chi connectivity index (χ2n) is 4.02. The Kier molecular flexibility index (Phi) is 3.10. The van der Waals surface area contributed by atoms with E-state index in [2.05, 4.69) is 42.9 Å². The van der Waals surface area contributed by atoms with Crippen LogP contribution in [0, 0.1) is 0 Å². The molecule has 0 saturated heterocycles. The first kappa shape index (κ1) is 10.4. The molecule has 0 aliphatic rings. The van der Waals surface area contributed by atoms with Gasteiger partial charge in [-0.2, -0.15) is 0 Å². The second kappa shape index (κ2) is 3.58. The summed E-state index contributed by atoms with van der Waals surface area (Å²) in [5.41, 5.74) is 6.63. The Hall–Kier alpha value is 0.299. The van der Waals surface area contributed by atoms with Gasteiger partial charge in [-0.05, 0) is 0 Å². The molecule has 3 heteroatoms. The molecule has 0 aliphatic carbocycles. The molecule has 2 N–H and O–H groups in total. The van der Waals surface area contributed by atoms with E-state index in [1.807, 2.05) is 6.07 Å². The number of rotatable bonds is 1. The average Bonchev–Trinajstić information content (AvgIpc) is 1.82. The van der Waals surface area contributed by atoms with E-state index in [0.29, 0.717) is 0 Å². The first-order valence-electron chi connectivity index (χ1n) is 3.96. The zero-order chi connectivity index (χ0) is 9.35. The van der Waals surface area contributed by atoms with E-state index < -0.39 is 18.4 Å². The van der Waals surface area contributed by atoms with Crippen LogP contribution >= 0.6 is 15.9 Å². The summed E-state index contributed by atoms with van der Waals surface area (Å²) in [5, 5.41) is 0. The van der Waals surface area contributed by atoms with Gasteiger partial charge in [0.15, 0.2) is 0 Å². The molecule has 0 bridgehead atoms. The van der Waals surface area contributed by atoms with Crippen LogP contribution in [-0.2, 0) is 0 Å². The summed E-state index contributed by atoms with van der Waals surface area (Å²) in [6.45, 7) is 0. The van der Waals surface area contributed by atoms with Crippen LogP contribution in [0.1, 0.15) is 0 Å². The topological polar surface area (TPSA) is 26.0 Å².